The van der Waals surface area contributed by atoms with Crippen LogP contribution in [0, 0.1) is 23.2 Å². The van der Waals surface area contributed by atoms with Gasteiger partial charge in [0, 0.05) is 6.61 Å². The van der Waals surface area contributed by atoms with Crippen LogP contribution in [0.4, 0.5) is 0 Å². The van der Waals surface area contributed by atoms with E-state index in [0.717, 1.165) is 12.8 Å². The molecule has 0 radical (unpaired) electrons. The van der Waals surface area contributed by atoms with E-state index in [1.165, 1.54) is 24.8 Å². The summed E-state index contributed by atoms with van der Waals surface area (Å²) in [5.41, 5.74) is 1.55. The lowest BCUT2D eigenvalue weighted by Gasteiger charge is -2.48. The molecule has 17 heavy (non-hydrogen) atoms. The maximum absolute atomic E-state index is 9.87. The minimum Gasteiger partial charge on any atom is -0.396 e. The molecule has 0 unspecified atom stereocenters. The minimum absolute atomic E-state index is 0.211. The highest BCUT2D eigenvalue weighted by Crippen LogP contribution is 2.58. The van der Waals surface area contributed by atoms with Crippen molar-refractivity contribution in [2.45, 2.75) is 52.1 Å². The molecule has 2 rings (SSSR count). The first-order chi connectivity index (χ1) is 7.99. The Morgan fingerprint density at radius 2 is 2.12 bits per heavy atom. The summed E-state index contributed by atoms with van der Waals surface area (Å²) in [5, 5.41) is 19.5. The lowest BCUT2D eigenvalue weighted by atomic mass is 9.58. The Kier molecular flexibility index (Phi) is 3.65. The van der Waals surface area contributed by atoms with Crippen LogP contribution in [0.3, 0.4) is 0 Å². The first-order valence-electron chi connectivity index (χ1n) is 6.94. The number of hydrogen-bond acceptors (Lipinski definition) is 2. The van der Waals surface area contributed by atoms with Crippen LogP contribution in [0.1, 0.15) is 46.0 Å². The highest BCUT2D eigenvalue weighted by molar-refractivity contribution is 5.08. The molecule has 5 atom stereocenters. The zero-order valence-corrected chi connectivity index (χ0v) is 11.2. The molecule has 98 valence electrons. The predicted octanol–water partition coefficient (Wildman–Crippen LogP) is 2.75. The molecule has 0 aromatic carbocycles. The van der Waals surface area contributed by atoms with Gasteiger partial charge in [0.2, 0.25) is 0 Å². The van der Waals surface area contributed by atoms with Gasteiger partial charge in [-0.05, 0) is 62.2 Å². The first kappa shape index (κ1) is 13.1. The van der Waals surface area contributed by atoms with Crippen molar-refractivity contribution < 1.29 is 10.2 Å². The van der Waals surface area contributed by atoms with Crippen molar-refractivity contribution in [3.05, 3.63) is 12.2 Å². The number of aliphatic hydroxyl groups is 2. The Bertz CT molecular complexity index is 299. The van der Waals surface area contributed by atoms with Crippen molar-refractivity contribution in [2.75, 3.05) is 6.61 Å². The van der Waals surface area contributed by atoms with E-state index >= 15 is 0 Å². The van der Waals surface area contributed by atoms with Gasteiger partial charge < -0.3 is 10.2 Å². The lowest BCUT2D eigenvalue weighted by molar-refractivity contribution is -0.0552. The van der Waals surface area contributed by atoms with Crippen LogP contribution in [-0.2, 0) is 0 Å². The zero-order valence-electron chi connectivity index (χ0n) is 11.2. The van der Waals surface area contributed by atoms with Gasteiger partial charge in [-0.25, -0.2) is 0 Å². The third-order valence-corrected chi connectivity index (χ3v) is 5.48. The van der Waals surface area contributed by atoms with Crippen molar-refractivity contribution in [1.29, 1.82) is 0 Å². The molecule has 0 aromatic rings. The molecular formula is C15H26O2. The van der Waals surface area contributed by atoms with E-state index in [2.05, 4.69) is 20.4 Å². The van der Waals surface area contributed by atoms with Crippen LogP contribution in [0.15, 0.2) is 12.2 Å². The summed E-state index contributed by atoms with van der Waals surface area (Å²) >= 11 is 0. The number of hydrogen-bond donors (Lipinski definition) is 2. The monoisotopic (exact) mass is 238 g/mol. The number of aliphatic hydroxyl groups excluding tert-OH is 2. The molecule has 2 heteroatoms. The zero-order chi connectivity index (χ0) is 12.6. The molecule has 2 saturated carbocycles. The normalized spacial score (nSPS) is 46.4. The van der Waals surface area contributed by atoms with Crippen molar-refractivity contribution >= 4 is 0 Å². The highest BCUT2D eigenvalue weighted by atomic mass is 16.3. The molecule has 2 fully saturated rings. The second-order valence-electron chi connectivity index (χ2n) is 6.43. The van der Waals surface area contributed by atoms with E-state index in [1.807, 2.05) is 0 Å². The maximum atomic E-state index is 9.87. The van der Waals surface area contributed by atoms with Crippen LogP contribution in [-0.4, -0.2) is 22.9 Å². The van der Waals surface area contributed by atoms with Crippen LogP contribution in [0.2, 0.25) is 0 Å². The van der Waals surface area contributed by atoms with Gasteiger partial charge in [-0.15, -0.1) is 0 Å². The van der Waals surface area contributed by atoms with Gasteiger partial charge in [-0.2, -0.15) is 0 Å². The van der Waals surface area contributed by atoms with E-state index in [-0.39, 0.29) is 24.0 Å². The van der Waals surface area contributed by atoms with Gasteiger partial charge in [0.15, 0.2) is 0 Å². The molecular weight excluding hydrogens is 212 g/mol. The first-order valence-corrected chi connectivity index (χ1v) is 6.94. The Morgan fingerprint density at radius 3 is 2.65 bits per heavy atom. The van der Waals surface area contributed by atoms with E-state index in [1.54, 1.807) is 0 Å². The van der Waals surface area contributed by atoms with Gasteiger partial charge >= 0.3 is 0 Å². The SMILES string of the molecule is C=C(C)[C@@H]1CC[C@@]2(C1)[C@H](CO)C[C@H](O)C[C@H]2C. The average molecular weight is 238 g/mol. The molecule has 0 saturated heterocycles. The van der Waals surface area contributed by atoms with Gasteiger partial charge in [0.05, 0.1) is 6.10 Å². The summed E-state index contributed by atoms with van der Waals surface area (Å²) in [6, 6.07) is 0. The Balaban J connectivity index is 2.19. The summed E-state index contributed by atoms with van der Waals surface area (Å²) < 4.78 is 0. The molecule has 2 N–H and O–H groups in total. The summed E-state index contributed by atoms with van der Waals surface area (Å²) in [6.07, 6.45) is 5.05. The molecule has 0 bridgehead atoms. The van der Waals surface area contributed by atoms with Crippen LogP contribution in [0.5, 0.6) is 0 Å². The fraction of sp³-hybridized carbons (Fsp3) is 0.867. The molecule has 2 nitrogen and oxygen atoms in total. The van der Waals surface area contributed by atoms with Crippen LogP contribution in [0.25, 0.3) is 0 Å². The second kappa shape index (κ2) is 4.74. The lowest BCUT2D eigenvalue weighted by Crippen LogP contribution is -2.44. The van der Waals surface area contributed by atoms with E-state index in [0.29, 0.717) is 11.8 Å². The van der Waals surface area contributed by atoms with Crippen molar-refractivity contribution in [2.24, 2.45) is 23.2 Å². The van der Waals surface area contributed by atoms with Crippen molar-refractivity contribution in [3.63, 3.8) is 0 Å². The molecule has 1 spiro atoms. The fourth-order valence-corrected chi connectivity index (χ4v) is 4.31. The molecule has 0 aromatic heterocycles. The van der Waals surface area contributed by atoms with E-state index in [4.69, 9.17) is 0 Å². The Hall–Kier alpha value is -0.340. The highest BCUT2D eigenvalue weighted by Gasteiger charge is 2.51. The van der Waals surface area contributed by atoms with E-state index in [9.17, 15) is 10.2 Å². The predicted molar refractivity (Wildman–Crippen MR) is 69.6 cm³/mol. The van der Waals surface area contributed by atoms with Crippen molar-refractivity contribution in [1.82, 2.24) is 0 Å². The fourth-order valence-electron chi connectivity index (χ4n) is 4.31. The van der Waals surface area contributed by atoms with Gasteiger partial charge in [0.25, 0.3) is 0 Å². The summed E-state index contributed by atoms with van der Waals surface area (Å²) in [7, 11) is 0. The number of allylic oxidation sites excluding steroid dienone is 1. The maximum Gasteiger partial charge on any atom is 0.0546 e. The quantitative estimate of drug-likeness (QED) is 0.726. The average Bonchev–Trinajstić information content (AvgIpc) is 2.70. The molecule has 2 aliphatic rings. The van der Waals surface area contributed by atoms with E-state index < -0.39 is 0 Å². The third-order valence-electron chi connectivity index (χ3n) is 5.48. The van der Waals surface area contributed by atoms with Gasteiger partial charge in [-0.1, -0.05) is 19.1 Å². The summed E-state index contributed by atoms with van der Waals surface area (Å²) in [6.45, 7) is 8.70. The van der Waals surface area contributed by atoms with Crippen molar-refractivity contribution in [3.8, 4) is 0 Å². The smallest absolute Gasteiger partial charge is 0.0546 e. The van der Waals surface area contributed by atoms with Gasteiger partial charge in [-0.3, -0.25) is 0 Å². The second-order valence-corrected chi connectivity index (χ2v) is 6.43. The van der Waals surface area contributed by atoms with Crippen LogP contribution >= 0.6 is 0 Å². The molecule has 0 amide bonds. The molecule has 0 heterocycles. The largest absolute Gasteiger partial charge is 0.396 e. The standard InChI is InChI=1S/C15H26O2/c1-10(2)12-4-5-15(8-12)11(3)6-14(17)7-13(15)9-16/h11-14,16-17H,1,4-9H2,2-3H3/t11-,12-,13+,14-,15+/m1/s1. The Morgan fingerprint density at radius 1 is 1.41 bits per heavy atom. The number of rotatable bonds is 2. The topological polar surface area (TPSA) is 40.5 Å². The Labute approximate surface area is 105 Å². The van der Waals surface area contributed by atoms with Gasteiger partial charge in [0.1, 0.15) is 0 Å². The molecule has 0 aliphatic heterocycles. The van der Waals surface area contributed by atoms with Crippen LogP contribution < -0.4 is 0 Å². The third kappa shape index (κ3) is 2.17. The minimum atomic E-state index is -0.211. The molecule has 2 aliphatic carbocycles. The summed E-state index contributed by atoms with van der Waals surface area (Å²) in [5.74, 6) is 1.43. The summed E-state index contributed by atoms with van der Waals surface area (Å²) in [4.78, 5) is 0.